The lowest BCUT2D eigenvalue weighted by molar-refractivity contribution is 0.0907. The van der Waals surface area contributed by atoms with Gasteiger partial charge in [-0.15, -0.1) is 0 Å². The first-order chi connectivity index (χ1) is 9.63. The molecule has 20 heavy (non-hydrogen) atoms. The second kappa shape index (κ2) is 7.77. The molecule has 0 bridgehead atoms. The second-order valence-electron chi connectivity index (χ2n) is 6.25. The molecule has 2 rings (SSSR count). The highest BCUT2D eigenvalue weighted by molar-refractivity contribution is 5.21. The number of nitrogens with zero attached hydrogens (tertiary/aromatic N) is 1. The Bertz CT molecular complexity index is 382. The maximum absolute atomic E-state index is 10.1. The highest BCUT2D eigenvalue weighted by atomic mass is 16.3. The summed E-state index contributed by atoms with van der Waals surface area (Å²) in [5.74, 6) is 0.850. The molecule has 2 N–H and O–H groups in total. The molecule has 0 radical (unpaired) electrons. The molecular weight excluding hydrogens is 248 g/mol. The van der Waals surface area contributed by atoms with Crippen LogP contribution in [-0.4, -0.2) is 42.3 Å². The number of aliphatic hydroxyl groups excluding tert-OH is 1. The summed E-state index contributed by atoms with van der Waals surface area (Å²) in [6.07, 6.45) is 2.27. The van der Waals surface area contributed by atoms with E-state index in [0.717, 1.165) is 32.1 Å². The van der Waals surface area contributed by atoms with Crippen molar-refractivity contribution in [3.8, 4) is 0 Å². The van der Waals surface area contributed by atoms with E-state index in [0.29, 0.717) is 6.54 Å². The van der Waals surface area contributed by atoms with Gasteiger partial charge in [0.1, 0.15) is 0 Å². The van der Waals surface area contributed by atoms with Crippen molar-refractivity contribution in [3.63, 3.8) is 0 Å². The van der Waals surface area contributed by atoms with Gasteiger partial charge in [-0.05, 0) is 44.3 Å². The van der Waals surface area contributed by atoms with Crippen molar-refractivity contribution >= 4 is 0 Å². The Kier molecular flexibility index (Phi) is 6.02. The molecule has 1 atom stereocenters. The highest BCUT2D eigenvalue weighted by Gasteiger charge is 2.17. The summed E-state index contributed by atoms with van der Waals surface area (Å²) in [6.45, 7) is 8.98. The quantitative estimate of drug-likeness (QED) is 0.836. The van der Waals surface area contributed by atoms with E-state index in [1.54, 1.807) is 0 Å². The maximum Gasteiger partial charge on any atom is 0.0791 e. The summed E-state index contributed by atoms with van der Waals surface area (Å²) in [6, 6.07) is 8.53. The molecule has 0 aromatic heterocycles. The summed E-state index contributed by atoms with van der Waals surface area (Å²) in [5.41, 5.74) is 2.56. The molecule has 1 aliphatic heterocycles. The van der Waals surface area contributed by atoms with Crippen molar-refractivity contribution in [2.24, 2.45) is 5.92 Å². The molecule has 1 heterocycles. The van der Waals surface area contributed by atoms with Crippen molar-refractivity contribution < 1.29 is 5.11 Å². The topological polar surface area (TPSA) is 35.5 Å². The van der Waals surface area contributed by atoms with Crippen molar-refractivity contribution in [1.29, 1.82) is 0 Å². The summed E-state index contributed by atoms with van der Waals surface area (Å²) in [5, 5.41) is 13.4. The molecule has 1 saturated heterocycles. The molecule has 1 aliphatic rings. The smallest absolute Gasteiger partial charge is 0.0791 e. The Morgan fingerprint density at radius 1 is 1.25 bits per heavy atom. The summed E-state index contributed by atoms with van der Waals surface area (Å²) in [7, 11) is 0. The molecule has 0 saturated carbocycles. The number of nitrogens with one attached hydrogen (secondary N) is 1. The lowest BCUT2D eigenvalue weighted by atomic mass is 9.99. The van der Waals surface area contributed by atoms with Crippen LogP contribution in [0.2, 0.25) is 0 Å². The van der Waals surface area contributed by atoms with Crippen LogP contribution in [0.3, 0.4) is 0 Å². The average molecular weight is 276 g/mol. The predicted octanol–water partition coefficient (Wildman–Crippen LogP) is 2.18. The monoisotopic (exact) mass is 276 g/mol. The number of β-amino-alcohol motifs (C(OH)–C–C–N with tert-alkyl or cyclic N) is 1. The lowest BCUT2D eigenvalue weighted by Crippen LogP contribution is -2.41. The summed E-state index contributed by atoms with van der Waals surface area (Å²) < 4.78 is 0. The zero-order valence-electron chi connectivity index (χ0n) is 12.8. The highest BCUT2D eigenvalue weighted by Crippen LogP contribution is 2.15. The lowest BCUT2D eigenvalue weighted by Gasteiger charge is -2.31. The van der Waals surface area contributed by atoms with Crippen LogP contribution >= 0.6 is 0 Å². The van der Waals surface area contributed by atoms with Gasteiger partial charge < -0.3 is 15.3 Å². The van der Waals surface area contributed by atoms with Gasteiger partial charge in [-0.3, -0.25) is 0 Å². The van der Waals surface area contributed by atoms with Crippen molar-refractivity contribution in [2.45, 2.75) is 39.3 Å². The molecule has 1 aromatic carbocycles. The van der Waals surface area contributed by atoms with Gasteiger partial charge in [0.05, 0.1) is 6.10 Å². The second-order valence-corrected chi connectivity index (χ2v) is 6.25. The first-order valence-corrected chi connectivity index (χ1v) is 7.80. The molecule has 1 aromatic rings. The number of hydrogen-bond donors (Lipinski definition) is 2. The van der Waals surface area contributed by atoms with Gasteiger partial charge >= 0.3 is 0 Å². The van der Waals surface area contributed by atoms with E-state index in [9.17, 15) is 5.11 Å². The third kappa shape index (κ3) is 5.23. The molecule has 0 spiro atoms. The van der Waals surface area contributed by atoms with Gasteiger partial charge in [0, 0.05) is 19.6 Å². The molecule has 3 heteroatoms. The number of piperidine rings is 1. The largest absolute Gasteiger partial charge is 0.390 e. The van der Waals surface area contributed by atoms with Crippen LogP contribution in [-0.2, 0) is 6.54 Å². The van der Waals surface area contributed by atoms with Crippen molar-refractivity contribution in [1.82, 2.24) is 10.2 Å². The first-order valence-electron chi connectivity index (χ1n) is 7.80. The Hall–Kier alpha value is -0.900. The summed E-state index contributed by atoms with van der Waals surface area (Å²) >= 11 is 0. The van der Waals surface area contributed by atoms with Crippen molar-refractivity contribution in [2.75, 3.05) is 26.2 Å². The van der Waals surface area contributed by atoms with Crippen LogP contribution in [0.25, 0.3) is 0 Å². The van der Waals surface area contributed by atoms with Crippen LogP contribution < -0.4 is 5.32 Å². The Morgan fingerprint density at radius 3 is 2.55 bits per heavy atom. The van der Waals surface area contributed by atoms with Crippen LogP contribution in [0.15, 0.2) is 24.3 Å². The number of hydrogen-bond acceptors (Lipinski definition) is 3. The van der Waals surface area contributed by atoms with E-state index in [1.807, 2.05) is 0 Å². The fraction of sp³-hybridized carbons (Fsp3) is 0.647. The molecule has 1 fully saturated rings. The number of aliphatic hydroxyl groups is 1. The van der Waals surface area contributed by atoms with Crippen molar-refractivity contribution in [3.05, 3.63) is 35.4 Å². The molecular formula is C17H28N2O. The van der Waals surface area contributed by atoms with Gasteiger partial charge in [-0.2, -0.15) is 0 Å². The van der Waals surface area contributed by atoms with E-state index in [2.05, 4.69) is 48.3 Å². The zero-order valence-corrected chi connectivity index (χ0v) is 12.8. The maximum atomic E-state index is 10.1. The molecule has 0 aliphatic carbocycles. The minimum Gasteiger partial charge on any atom is -0.390 e. The van der Waals surface area contributed by atoms with Gasteiger partial charge in [0.2, 0.25) is 0 Å². The third-order valence-electron chi connectivity index (χ3n) is 4.17. The minimum atomic E-state index is -0.270. The average Bonchev–Trinajstić information content (AvgIpc) is 2.44. The molecule has 112 valence electrons. The normalized spacial score (nSPS) is 19.1. The van der Waals surface area contributed by atoms with E-state index < -0.39 is 0 Å². The van der Waals surface area contributed by atoms with E-state index in [4.69, 9.17) is 0 Å². The van der Waals surface area contributed by atoms with Crippen LogP contribution in [0, 0.1) is 12.8 Å². The molecule has 0 amide bonds. The van der Waals surface area contributed by atoms with Crippen LogP contribution in [0.4, 0.5) is 0 Å². The van der Waals surface area contributed by atoms with E-state index >= 15 is 0 Å². The third-order valence-corrected chi connectivity index (χ3v) is 4.17. The number of benzene rings is 1. The van der Waals surface area contributed by atoms with Crippen LogP contribution in [0.1, 0.15) is 30.9 Å². The van der Waals surface area contributed by atoms with Gasteiger partial charge in [-0.25, -0.2) is 0 Å². The van der Waals surface area contributed by atoms with Crippen LogP contribution in [0.5, 0.6) is 0 Å². The zero-order chi connectivity index (χ0) is 14.4. The Balaban J connectivity index is 1.62. The first kappa shape index (κ1) is 15.5. The Labute approximate surface area is 123 Å². The fourth-order valence-corrected chi connectivity index (χ4v) is 2.70. The van der Waals surface area contributed by atoms with E-state index in [1.165, 1.54) is 24.0 Å². The Morgan fingerprint density at radius 2 is 1.90 bits per heavy atom. The van der Waals surface area contributed by atoms with E-state index in [-0.39, 0.29) is 6.10 Å². The van der Waals surface area contributed by atoms with Gasteiger partial charge in [0.15, 0.2) is 0 Å². The SMILES string of the molecule is Cc1ccc(CNCC(O)CN2CCC(C)CC2)cc1. The fourth-order valence-electron chi connectivity index (χ4n) is 2.70. The molecule has 1 unspecified atom stereocenters. The standard InChI is InChI=1S/C17H28N2O/c1-14-3-5-16(6-4-14)11-18-12-17(20)13-19-9-7-15(2)8-10-19/h3-6,15,17-18,20H,7-13H2,1-2H3. The predicted molar refractivity (Wildman–Crippen MR) is 83.7 cm³/mol. The minimum absolute atomic E-state index is 0.270. The number of rotatable bonds is 6. The van der Waals surface area contributed by atoms with Gasteiger partial charge in [-0.1, -0.05) is 36.8 Å². The van der Waals surface area contributed by atoms with Gasteiger partial charge in [0.25, 0.3) is 0 Å². The number of aryl methyl sites for hydroxylation is 1. The summed E-state index contributed by atoms with van der Waals surface area (Å²) in [4.78, 5) is 2.39. The molecule has 3 nitrogen and oxygen atoms in total. The number of likely N-dealkylation sites (tertiary alicyclic amines) is 1.